The van der Waals surface area contributed by atoms with Crippen molar-refractivity contribution >= 4 is 11.4 Å². The molecule has 0 saturated carbocycles. The molecular weight excluding hydrogens is 380 g/mol. The second-order valence-electron chi connectivity index (χ2n) is 7.33. The normalized spacial score (nSPS) is 19.9. The lowest BCUT2D eigenvalue weighted by atomic mass is 9.77. The highest BCUT2D eigenvalue weighted by Gasteiger charge is 2.55. The van der Waals surface area contributed by atoms with Crippen molar-refractivity contribution in [3.05, 3.63) is 105 Å². The van der Waals surface area contributed by atoms with Crippen LogP contribution in [0.4, 0.5) is 11.4 Å². The number of anilines is 1. The monoisotopic (exact) mass is 402 g/mol. The first-order chi connectivity index (χ1) is 14.5. The molecule has 152 valence electrons. The highest BCUT2D eigenvalue weighted by molar-refractivity contribution is 5.54. The summed E-state index contributed by atoms with van der Waals surface area (Å²) in [5.41, 5.74) is 2.08. The number of ether oxygens (including phenoxy) is 1. The molecule has 0 aromatic heterocycles. The van der Waals surface area contributed by atoms with E-state index in [-0.39, 0.29) is 4.92 Å². The third-order valence-corrected chi connectivity index (χ3v) is 5.41. The molecule has 7 heteroatoms. The van der Waals surface area contributed by atoms with Crippen LogP contribution in [-0.4, -0.2) is 26.1 Å². The Balaban J connectivity index is 1.91. The third kappa shape index (κ3) is 3.04. The molecule has 0 saturated heterocycles. The number of nitro groups is 1. The minimum atomic E-state index is -1.84. The molecule has 0 fully saturated rings. The fourth-order valence-corrected chi connectivity index (χ4v) is 3.94. The van der Waals surface area contributed by atoms with Crippen LogP contribution in [-0.2, 0) is 10.4 Å². The number of rotatable bonds is 5. The molecule has 3 aromatic carbocycles. The van der Waals surface area contributed by atoms with Crippen molar-refractivity contribution in [2.75, 3.05) is 26.1 Å². The van der Waals surface area contributed by atoms with E-state index < -0.39 is 11.8 Å². The topological polar surface area (TPSA) is 80.3 Å². The molecule has 0 heterocycles. The molecule has 7 nitrogen and oxygen atoms in total. The van der Waals surface area contributed by atoms with Crippen LogP contribution in [0.25, 0.3) is 0 Å². The Morgan fingerprint density at radius 1 is 0.933 bits per heavy atom. The molecule has 0 spiro atoms. The van der Waals surface area contributed by atoms with Crippen LogP contribution in [0.5, 0.6) is 0 Å². The summed E-state index contributed by atoms with van der Waals surface area (Å²) in [4.78, 5) is 14.2. The molecular formula is C23H22N4O3. The van der Waals surface area contributed by atoms with E-state index in [1.807, 2.05) is 55.4 Å². The van der Waals surface area contributed by atoms with Gasteiger partial charge in [-0.3, -0.25) is 10.1 Å². The Morgan fingerprint density at radius 3 is 1.93 bits per heavy atom. The molecule has 0 bridgehead atoms. The van der Waals surface area contributed by atoms with E-state index in [1.165, 1.54) is 0 Å². The quantitative estimate of drug-likeness (QED) is 0.339. The van der Waals surface area contributed by atoms with Crippen LogP contribution >= 0.6 is 0 Å². The predicted octanol–water partition coefficient (Wildman–Crippen LogP) is 5.06. The average molecular weight is 402 g/mol. The molecule has 0 unspecified atom stereocenters. The predicted molar refractivity (Wildman–Crippen MR) is 115 cm³/mol. The first-order valence-electron chi connectivity index (χ1n) is 9.55. The first kappa shape index (κ1) is 19.7. The van der Waals surface area contributed by atoms with Gasteiger partial charge in [-0.25, -0.2) is 0 Å². The minimum Gasteiger partial charge on any atom is -0.378 e. The maximum absolute atomic E-state index is 12.6. The molecule has 0 radical (unpaired) electrons. The van der Waals surface area contributed by atoms with Gasteiger partial charge in [0.2, 0.25) is 0 Å². The van der Waals surface area contributed by atoms with Crippen molar-refractivity contribution in [2.45, 2.75) is 11.8 Å². The van der Waals surface area contributed by atoms with Crippen LogP contribution in [0.1, 0.15) is 28.4 Å². The van der Waals surface area contributed by atoms with E-state index in [0.29, 0.717) is 16.8 Å². The molecule has 1 aliphatic rings. The van der Waals surface area contributed by atoms with E-state index in [1.54, 1.807) is 43.5 Å². The molecule has 30 heavy (non-hydrogen) atoms. The van der Waals surface area contributed by atoms with Gasteiger partial charge in [-0.2, -0.15) is 0 Å². The van der Waals surface area contributed by atoms with Crippen LogP contribution in [0, 0.1) is 10.1 Å². The van der Waals surface area contributed by atoms with Gasteiger partial charge in [0.15, 0.2) is 0 Å². The largest absolute Gasteiger partial charge is 0.382 e. The summed E-state index contributed by atoms with van der Waals surface area (Å²) >= 11 is 0. The zero-order valence-electron chi connectivity index (χ0n) is 17.0. The number of hydrogen-bond acceptors (Lipinski definition) is 6. The van der Waals surface area contributed by atoms with Gasteiger partial charge in [-0.1, -0.05) is 41.5 Å². The summed E-state index contributed by atoms with van der Waals surface area (Å²) in [6, 6.07) is 21.8. The lowest BCUT2D eigenvalue weighted by Crippen LogP contribution is -2.40. The molecule has 0 aliphatic heterocycles. The number of methoxy groups -OCH3 is 1. The van der Waals surface area contributed by atoms with Gasteiger partial charge in [0.25, 0.3) is 0 Å². The van der Waals surface area contributed by atoms with Crippen molar-refractivity contribution in [1.29, 1.82) is 0 Å². The van der Waals surface area contributed by atoms with E-state index >= 15 is 0 Å². The van der Waals surface area contributed by atoms with Crippen LogP contribution in [0.15, 0.2) is 83.0 Å². The van der Waals surface area contributed by atoms with Gasteiger partial charge in [0.1, 0.15) is 6.10 Å². The molecule has 0 atom stereocenters. The number of nitrogens with zero attached hydrogens (tertiary/aromatic N) is 4. The first-order valence-corrected chi connectivity index (χ1v) is 9.55. The van der Waals surface area contributed by atoms with Crippen molar-refractivity contribution in [3.63, 3.8) is 0 Å². The van der Waals surface area contributed by atoms with E-state index in [0.717, 1.165) is 16.8 Å². The smallest absolute Gasteiger partial charge is 0.378 e. The van der Waals surface area contributed by atoms with Gasteiger partial charge in [-0.15, -0.1) is 5.11 Å². The average Bonchev–Trinajstić information content (AvgIpc) is 2.76. The van der Waals surface area contributed by atoms with Crippen LogP contribution in [0.3, 0.4) is 0 Å². The molecule has 3 aromatic rings. The number of benzene rings is 3. The zero-order chi connectivity index (χ0) is 21.3. The van der Waals surface area contributed by atoms with Crippen LogP contribution < -0.4 is 4.90 Å². The number of azo groups is 1. The Hall–Kier alpha value is -3.58. The lowest BCUT2D eigenvalue weighted by molar-refractivity contribution is -0.566. The third-order valence-electron chi connectivity index (χ3n) is 5.41. The number of fused-ring (bicyclic) bond motifs is 2. The van der Waals surface area contributed by atoms with Crippen molar-refractivity contribution in [1.82, 2.24) is 0 Å². The second-order valence-corrected chi connectivity index (χ2v) is 7.33. The lowest BCUT2D eigenvalue weighted by Gasteiger charge is -2.33. The standard InChI is InChI=1S/C23H22N4O3/c1-26(2)17-14-12-16(13-15-17)24-25-23(27(28)29)20-10-6-4-8-18(20)22(30-3)19-9-5-7-11-21(19)23/h4-15,22H,1-3H3. The van der Waals surface area contributed by atoms with Gasteiger partial charge >= 0.3 is 5.66 Å². The van der Waals surface area contributed by atoms with Gasteiger partial charge < -0.3 is 9.64 Å². The van der Waals surface area contributed by atoms with Crippen LogP contribution in [0.2, 0.25) is 0 Å². The second kappa shape index (κ2) is 7.68. The van der Waals surface area contributed by atoms with E-state index in [4.69, 9.17) is 4.74 Å². The maximum atomic E-state index is 12.6. The summed E-state index contributed by atoms with van der Waals surface area (Å²) in [7, 11) is 5.49. The highest BCUT2D eigenvalue weighted by atomic mass is 16.6. The molecule has 1 aliphatic carbocycles. The Kier molecular flexibility index (Phi) is 5.05. The minimum absolute atomic E-state index is 0.367. The zero-order valence-corrected chi connectivity index (χ0v) is 17.0. The van der Waals surface area contributed by atoms with E-state index in [2.05, 4.69) is 10.2 Å². The number of hydrogen-bond donors (Lipinski definition) is 0. The van der Waals surface area contributed by atoms with Gasteiger partial charge in [0, 0.05) is 26.9 Å². The van der Waals surface area contributed by atoms with Crippen molar-refractivity contribution < 1.29 is 9.66 Å². The summed E-state index contributed by atoms with van der Waals surface area (Å²) in [5, 5.41) is 21.2. The summed E-state index contributed by atoms with van der Waals surface area (Å²) in [6.07, 6.45) is -0.403. The maximum Gasteiger partial charge on any atom is 0.382 e. The fourth-order valence-electron chi connectivity index (χ4n) is 3.94. The van der Waals surface area contributed by atoms with E-state index in [9.17, 15) is 10.1 Å². The molecule has 0 amide bonds. The van der Waals surface area contributed by atoms with Crippen molar-refractivity contribution in [3.8, 4) is 0 Å². The van der Waals surface area contributed by atoms with Gasteiger partial charge in [0.05, 0.1) is 21.7 Å². The molecule has 0 N–H and O–H groups in total. The summed E-state index contributed by atoms with van der Waals surface area (Å²) in [6.45, 7) is 0. The van der Waals surface area contributed by atoms with Crippen molar-refractivity contribution in [2.24, 2.45) is 10.2 Å². The fraction of sp³-hybridized carbons (Fsp3) is 0.217. The van der Waals surface area contributed by atoms with Gasteiger partial charge in [-0.05, 0) is 47.5 Å². The summed E-state index contributed by atoms with van der Waals surface area (Å²) < 4.78 is 5.72. The Bertz CT molecular complexity index is 1060. The Morgan fingerprint density at radius 2 is 1.47 bits per heavy atom. The SMILES string of the molecule is COC1c2ccccc2C(N=Nc2ccc(N(C)C)cc2)([N+](=O)[O-])c2ccccc21. The summed E-state index contributed by atoms with van der Waals surface area (Å²) in [5.74, 6) is 0. The molecule has 4 rings (SSSR count). The Labute approximate surface area is 174 Å². The highest BCUT2D eigenvalue weighted by Crippen LogP contribution is 2.48.